The zero-order valence-corrected chi connectivity index (χ0v) is 23.7. The first-order valence-electron chi connectivity index (χ1n) is 14.0. The van der Waals surface area contributed by atoms with Gasteiger partial charge in [-0.25, -0.2) is 0 Å². The molecular weight excluding hydrogens is 510 g/mol. The van der Waals surface area contributed by atoms with E-state index in [0.29, 0.717) is 39.1 Å². The minimum absolute atomic E-state index is 0.00319. The molecule has 1 heterocycles. The standard InChI is InChI=1S/C32H40ClN3O3/c1-39-22-21-35(31(37)19-18-26-11-4-2-5-12-26)25-32(38)36(28-14-6-3-7-15-28)24-29-16-10-20-34(29)23-27-13-8-9-17-30(27)33/h2,4-5,8-13,16-17,20,28H,3,6-7,14-15,18-19,21-25H2,1H3. The van der Waals surface area contributed by atoms with Crippen molar-refractivity contribution in [2.45, 2.75) is 64.1 Å². The molecule has 0 saturated heterocycles. The molecule has 3 aromatic rings. The smallest absolute Gasteiger partial charge is 0.242 e. The fraction of sp³-hybridized carbons (Fsp3) is 0.438. The van der Waals surface area contributed by atoms with E-state index >= 15 is 0 Å². The second kappa shape index (κ2) is 14.9. The van der Waals surface area contributed by atoms with Crippen molar-refractivity contribution in [1.29, 1.82) is 0 Å². The maximum absolute atomic E-state index is 13.9. The van der Waals surface area contributed by atoms with Gasteiger partial charge in [-0.2, -0.15) is 0 Å². The molecule has 1 aliphatic rings. The van der Waals surface area contributed by atoms with Gasteiger partial charge >= 0.3 is 0 Å². The lowest BCUT2D eigenvalue weighted by atomic mass is 9.94. The molecule has 2 amide bonds. The van der Waals surface area contributed by atoms with Crippen LogP contribution in [-0.4, -0.2) is 59.0 Å². The van der Waals surface area contributed by atoms with Crippen molar-refractivity contribution < 1.29 is 14.3 Å². The molecular formula is C32H40ClN3O3. The minimum Gasteiger partial charge on any atom is -0.383 e. The molecule has 1 saturated carbocycles. The van der Waals surface area contributed by atoms with Crippen molar-refractivity contribution in [2.75, 3.05) is 26.8 Å². The molecule has 4 rings (SSSR count). The average Bonchev–Trinajstić information content (AvgIpc) is 3.41. The first-order chi connectivity index (χ1) is 19.0. The number of carbonyl (C=O) groups is 2. The molecule has 0 radical (unpaired) electrons. The number of carbonyl (C=O) groups excluding carboxylic acids is 2. The van der Waals surface area contributed by atoms with Crippen LogP contribution in [0.3, 0.4) is 0 Å². The van der Waals surface area contributed by atoms with Gasteiger partial charge in [0.15, 0.2) is 0 Å². The summed E-state index contributed by atoms with van der Waals surface area (Å²) in [5, 5.41) is 0.736. The summed E-state index contributed by atoms with van der Waals surface area (Å²) >= 11 is 6.44. The molecule has 0 spiro atoms. The fourth-order valence-electron chi connectivity index (χ4n) is 5.35. The number of hydrogen-bond donors (Lipinski definition) is 0. The molecule has 1 fully saturated rings. The summed E-state index contributed by atoms with van der Waals surface area (Å²) in [5.74, 6) is -0.0218. The SMILES string of the molecule is COCCN(CC(=O)N(Cc1cccn1Cc1ccccc1Cl)C1CCCCC1)C(=O)CCc1ccccc1. The average molecular weight is 550 g/mol. The predicted octanol–water partition coefficient (Wildman–Crippen LogP) is 5.96. The monoisotopic (exact) mass is 549 g/mol. The van der Waals surface area contributed by atoms with Crippen LogP contribution in [0.5, 0.6) is 0 Å². The number of aromatic nitrogens is 1. The van der Waals surface area contributed by atoms with E-state index < -0.39 is 0 Å². The Balaban J connectivity index is 1.48. The highest BCUT2D eigenvalue weighted by Gasteiger charge is 2.28. The number of methoxy groups -OCH3 is 1. The number of aryl methyl sites for hydroxylation is 1. The Labute approximate surface area is 237 Å². The highest BCUT2D eigenvalue weighted by Crippen LogP contribution is 2.25. The van der Waals surface area contributed by atoms with Crippen molar-refractivity contribution in [3.63, 3.8) is 0 Å². The van der Waals surface area contributed by atoms with Gasteiger partial charge in [0, 0.05) is 49.6 Å². The zero-order valence-electron chi connectivity index (χ0n) is 22.9. The Hall–Kier alpha value is -3.09. The number of amides is 2. The number of rotatable bonds is 13. The fourth-order valence-corrected chi connectivity index (χ4v) is 5.54. The molecule has 0 bridgehead atoms. The molecule has 0 unspecified atom stereocenters. The predicted molar refractivity (Wildman–Crippen MR) is 156 cm³/mol. The summed E-state index contributed by atoms with van der Waals surface area (Å²) in [6, 6.07) is 22.1. The van der Waals surface area contributed by atoms with E-state index in [-0.39, 0.29) is 24.4 Å². The minimum atomic E-state index is -0.0186. The van der Waals surface area contributed by atoms with Gasteiger partial charge < -0.3 is 19.1 Å². The summed E-state index contributed by atoms with van der Waals surface area (Å²) in [7, 11) is 1.62. The van der Waals surface area contributed by atoms with E-state index in [1.54, 1.807) is 12.0 Å². The van der Waals surface area contributed by atoms with Gasteiger partial charge in [0.2, 0.25) is 11.8 Å². The molecule has 0 N–H and O–H groups in total. The lowest BCUT2D eigenvalue weighted by Gasteiger charge is -2.36. The molecule has 0 aliphatic heterocycles. The molecule has 208 valence electrons. The van der Waals surface area contributed by atoms with E-state index in [4.69, 9.17) is 16.3 Å². The van der Waals surface area contributed by atoms with E-state index in [1.165, 1.54) is 6.42 Å². The van der Waals surface area contributed by atoms with Gasteiger partial charge in [-0.15, -0.1) is 0 Å². The Bertz CT molecular complexity index is 1190. The molecule has 0 atom stereocenters. The third-order valence-electron chi connectivity index (χ3n) is 7.60. The summed E-state index contributed by atoms with van der Waals surface area (Å²) in [5.41, 5.74) is 3.22. The van der Waals surface area contributed by atoms with Gasteiger partial charge in [0.1, 0.15) is 0 Å². The van der Waals surface area contributed by atoms with Crippen molar-refractivity contribution in [3.05, 3.63) is 94.8 Å². The van der Waals surface area contributed by atoms with E-state index in [9.17, 15) is 9.59 Å². The summed E-state index contributed by atoms with van der Waals surface area (Å²) < 4.78 is 7.44. The van der Waals surface area contributed by atoms with Crippen molar-refractivity contribution in [3.8, 4) is 0 Å². The summed E-state index contributed by atoms with van der Waals surface area (Å²) in [6.45, 7) is 2.02. The van der Waals surface area contributed by atoms with Crippen molar-refractivity contribution in [1.82, 2.24) is 14.4 Å². The van der Waals surface area contributed by atoms with Gasteiger partial charge in [-0.3, -0.25) is 9.59 Å². The Morgan fingerprint density at radius 3 is 2.44 bits per heavy atom. The zero-order chi connectivity index (χ0) is 27.5. The Morgan fingerprint density at radius 2 is 1.69 bits per heavy atom. The van der Waals surface area contributed by atoms with Crippen LogP contribution in [0.4, 0.5) is 0 Å². The summed E-state index contributed by atoms with van der Waals surface area (Å²) in [4.78, 5) is 30.8. The molecule has 2 aromatic carbocycles. The second-order valence-corrected chi connectivity index (χ2v) is 10.7. The number of hydrogen-bond acceptors (Lipinski definition) is 3. The maximum atomic E-state index is 13.9. The second-order valence-electron chi connectivity index (χ2n) is 10.3. The number of nitrogens with zero attached hydrogens (tertiary/aromatic N) is 3. The van der Waals surface area contributed by atoms with Crippen LogP contribution in [0, 0.1) is 0 Å². The number of ether oxygens (including phenoxy) is 1. The van der Waals surface area contributed by atoms with Crippen LogP contribution < -0.4 is 0 Å². The third kappa shape index (κ3) is 8.45. The largest absolute Gasteiger partial charge is 0.383 e. The van der Waals surface area contributed by atoms with Crippen LogP contribution in [0.15, 0.2) is 72.9 Å². The van der Waals surface area contributed by atoms with Crippen LogP contribution in [0.2, 0.25) is 5.02 Å². The topological polar surface area (TPSA) is 54.8 Å². The van der Waals surface area contributed by atoms with Crippen LogP contribution in [0.1, 0.15) is 55.3 Å². The van der Waals surface area contributed by atoms with Crippen LogP contribution in [0.25, 0.3) is 0 Å². The molecule has 6 nitrogen and oxygen atoms in total. The van der Waals surface area contributed by atoms with Gasteiger partial charge in [-0.05, 0) is 48.6 Å². The van der Waals surface area contributed by atoms with Gasteiger partial charge in [0.25, 0.3) is 0 Å². The Kier molecular flexibility index (Phi) is 11.0. The van der Waals surface area contributed by atoms with E-state index in [0.717, 1.165) is 47.5 Å². The molecule has 1 aromatic heterocycles. The highest BCUT2D eigenvalue weighted by molar-refractivity contribution is 6.31. The maximum Gasteiger partial charge on any atom is 0.242 e. The lowest BCUT2D eigenvalue weighted by Crippen LogP contribution is -2.48. The number of halogens is 1. The summed E-state index contributed by atoms with van der Waals surface area (Å²) in [6.07, 6.45) is 8.51. The van der Waals surface area contributed by atoms with E-state index in [1.807, 2.05) is 71.8 Å². The van der Waals surface area contributed by atoms with E-state index in [2.05, 4.69) is 10.6 Å². The molecule has 39 heavy (non-hydrogen) atoms. The highest BCUT2D eigenvalue weighted by atomic mass is 35.5. The van der Waals surface area contributed by atoms with Crippen LogP contribution >= 0.6 is 11.6 Å². The first-order valence-corrected chi connectivity index (χ1v) is 14.4. The number of benzene rings is 2. The quantitative estimate of drug-likeness (QED) is 0.264. The molecule has 7 heteroatoms. The lowest BCUT2D eigenvalue weighted by molar-refractivity contribution is -0.143. The van der Waals surface area contributed by atoms with Gasteiger partial charge in [-0.1, -0.05) is 79.4 Å². The Morgan fingerprint density at radius 1 is 0.949 bits per heavy atom. The van der Waals surface area contributed by atoms with Gasteiger partial charge in [0.05, 0.1) is 19.7 Å². The third-order valence-corrected chi connectivity index (χ3v) is 7.97. The molecule has 1 aliphatic carbocycles. The van der Waals surface area contributed by atoms with Crippen molar-refractivity contribution >= 4 is 23.4 Å². The first kappa shape index (κ1) is 28.9. The van der Waals surface area contributed by atoms with Crippen molar-refractivity contribution in [2.24, 2.45) is 0 Å². The van der Waals surface area contributed by atoms with Crippen LogP contribution in [-0.2, 0) is 33.8 Å². The normalized spacial score (nSPS) is 13.8.